The summed E-state index contributed by atoms with van der Waals surface area (Å²) < 4.78 is 26.0. The quantitative estimate of drug-likeness (QED) is 0.896. The second-order valence-electron chi connectivity index (χ2n) is 3.24. The molecule has 8 heteroatoms. The minimum atomic E-state index is -0.846. The van der Waals surface area contributed by atoms with E-state index in [-0.39, 0.29) is 10.7 Å². The molecular formula is C10H8F2N4OS. The van der Waals surface area contributed by atoms with E-state index in [1.165, 1.54) is 0 Å². The third-order valence-corrected chi connectivity index (χ3v) is 2.95. The average Bonchev–Trinajstić information content (AvgIpc) is 2.81. The zero-order chi connectivity index (χ0) is 13.1. The van der Waals surface area contributed by atoms with Gasteiger partial charge in [0.25, 0.3) is 5.91 Å². The van der Waals surface area contributed by atoms with Crippen LogP contribution in [0.15, 0.2) is 18.2 Å². The van der Waals surface area contributed by atoms with Gasteiger partial charge in [0.1, 0.15) is 11.6 Å². The molecule has 0 saturated heterocycles. The highest BCUT2D eigenvalue weighted by Crippen LogP contribution is 2.18. The monoisotopic (exact) mass is 270 g/mol. The van der Waals surface area contributed by atoms with E-state index in [1.807, 2.05) is 0 Å². The number of benzene rings is 1. The Morgan fingerprint density at radius 3 is 2.72 bits per heavy atom. The molecule has 0 spiro atoms. The number of hydrogen-bond donors (Lipinski definition) is 2. The summed E-state index contributed by atoms with van der Waals surface area (Å²) in [6.07, 6.45) is 0. The Balaban J connectivity index is 2.16. The maximum absolute atomic E-state index is 13.3. The van der Waals surface area contributed by atoms with Gasteiger partial charge in [0.05, 0.1) is 5.69 Å². The fourth-order valence-electron chi connectivity index (χ4n) is 1.18. The van der Waals surface area contributed by atoms with Gasteiger partial charge in [-0.15, -0.1) is 10.2 Å². The van der Waals surface area contributed by atoms with E-state index in [1.54, 1.807) is 7.05 Å². The van der Waals surface area contributed by atoms with Gasteiger partial charge in [-0.2, -0.15) is 0 Å². The lowest BCUT2D eigenvalue weighted by Gasteiger charge is -2.03. The Morgan fingerprint density at radius 1 is 1.33 bits per heavy atom. The van der Waals surface area contributed by atoms with Gasteiger partial charge in [0.15, 0.2) is 0 Å². The molecule has 0 fully saturated rings. The Morgan fingerprint density at radius 2 is 2.11 bits per heavy atom. The number of nitrogens with one attached hydrogen (secondary N) is 2. The topological polar surface area (TPSA) is 66.9 Å². The van der Waals surface area contributed by atoms with Gasteiger partial charge < -0.3 is 10.6 Å². The van der Waals surface area contributed by atoms with Crippen LogP contribution in [0.5, 0.6) is 0 Å². The van der Waals surface area contributed by atoms with Crippen LogP contribution in [-0.2, 0) is 0 Å². The Kier molecular flexibility index (Phi) is 3.47. The molecule has 1 aromatic heterocycles. The van der Waals surface area contributed by atoms with Gasteiger partial charge in [0, 0.05) is 13.1 Å². The molecule has 18 heavy (non-hydrogen) atoms. The van der Waals surface area contributed by atoms with Crippen LogP contribution >= 0.6 is 11.3 Å². The Bertz CT molecular complexity index is 587. The predicted octanol–water partition coefficient (Wildman–Crippen LogP) is 2.11. The molecule has 2 aromatic rings. The highest BCUT2D eigenvalue weighted by molar-refractivity contribution is 7.17. The Hall–Kier alpha value is -2.09. The van der Waals surface area contributed by atoms with Crippen molar-refractivity contribution in [3.8, 4) is 0 Å². The predicted molar refractivity (Wildman–Crippen MR) is 63.8 cm³/mol. The summed E-state index contributed by atoms with van der Waals surface area (Å²) in [6.45, 7) is 0. The van der Waals surface area contributed by atoms with Gasteiger partial charge in [-0.3, -0.25) is 4.79 Å². The van der Waals surface area contributed by atoms with E-state index < -0.39 is 17.5 Å². The first-order chi connectivity index (χ1) is 8.60. The van der Waals surface area contributed by atoms with Gasteiger partial charge in [-0.1, -0.05) is 11.3 Å². The van der Waals surface area contributed by atoms with E-state index in [0.717, 1.165) is 23.5 Å². The van der Waals surface area contributed by atoms with Crippen molar-refractivity contribution in [2.45, 2.75) is 0 Å². The number of carbonyl (C=O) groups excluding carboxylic acids is 1. The zero-order valence-corrected chi connectivity index (χ0v) is 10.0. The summed E-state index contributed by atoms with van der Waals surface area (Å²) in [7, 11) is 1.64. The standard InChI is InChI=1S/C10H8F2N4OS/c1-13-10-16-15-9(18-10)8(17)14-7-3-2-5(11)4-6(7)12/h2-4H,1H3,(H,13,16)(H,14,17). The van der Waals surface area contributed by atoms with Crippen LogP contribution in [0.3, 0.4) is 0 Å². The molecule has 0 atom stereocenters. The van der Waals surface area contributed by atoms with Crippen molar-refractivity contribution >= 4 is 28.1 Å². The van der Waals surface area contributed by atoms with Crippen LogP contribution < -0.4 is 10.6 Å². The van der Waals surface area contributed by atoms with Crippen LogP contribution in [0.25, 0.3) is 0 Å². The molecule has 0 aliphatic rings. The smallest absolute Gasteiger partial charge is 0.286 e. The summed E-state index contributed by atoms with van der Waals surface area (Å²) >= 11 is 1.03. The molecule has 1 heterocycles. The van der Waals surface area contributed by atoms with Crippen molar-refractivity contribution in [2.75, 3.05) is 17.7 Å². The minimum Gasteiger partial charge on any atom is -0.363 e. The lowest BCUT2D eigenvalue weighted by Crippen LogP contribution is -2.12. The maximum atomic E-state index is 13.3. The molecule has 2 N–H and O–H groups in total. The van der Waals surface area contributed by atoms with Gasteiger partial charge >= 0.3 is 0 Å². The number of carbonyl (C=O) groups is 1. The van der Waals surface area contributed by atoms with Crippen molar-refractivity contribution in [2.24, 2.45) is 0 Å². The fraction of sp³-hybridized carbons (Fsp3) is 0.100. The molecule has 0 aliphatic heterocycles. The second-order valence-corrected chi connectivity index (χ2v) is 4.22. The van der Waals surface area contributed by atoms with Crippen LogP contribution in [0.2, 0.25) is 0 Å². The van der Waals surface area contributed by atoms with E-state index in [4.69, 9.17) is 0 Å². The number of aromatic nitrogens is 2. The van der Waals surface area contributed by atoms with E-state index in [9.17, 15) is 13.6 Å². The molecule has 94 valence electrons. The van der Waals surface area contributed by atoms with Crippen molar-refractivity contribution in [1.82, 2.24) is 10.2 Å². The molecule has 2 rings (SSSR count). The first-order valence-corrected chi connectivity index (χ1v) is 5.69. The largest absolute Gasteiger partial charge is 0.363 e. The minimum absolute atomic E-state index is 0.0862. The first kappa shape index (κ1) is 12.4. The number of rotatable bonds is 3. The van der Waals surface area contributed by atoms with Gasteiger partial charge in [-0.05, 0) is 12.1 Å². The van der Waals surface area contributed by atoms with Crippen LogP contribution in [0.1, 0.15) is 9.80 Å². The molecule has 0 unspecified atom stereocenters. The average molecular weight is 270 g/mol. The third-order valence-electron chi connectivity index (χ3n) is 2.01. The molecule has 0 aliphatic carbocycles. The summed E-state index contributed by atoms with van der Waals surface area (Å²) in [4.78, 5) is 11.7. The van der Waals surface area contributed by atoms with E-state index >= 15 is 0 Å². The number of amides is 1. The number of hydrogen-bond acceptors (Lipinski definition) is 5. The third kappa shape index (κ3) is 2.59. The lowest BCUT2D eigenvalue weighted by molar-refractivity contribution is 0.102. The van der Waals surface area contributed by atoms with Crippen molar-refractivity contribution in [3.63, 3.8) is 0 Å². The normalized spacial score (nSPS) is 10.2. The van der Waals surface area contributed by atoms with Crippen LogP contribution in [0, 0.1) is 11.6 Å². The van der Waals surface area contributed by atoms with Crippen LogP contribution in [-0.4, -0.2) is 23.2 Å². The highest BCUT2D eigenvalue weighted by atomic mass is 32.1. The SMILES string of the molecule is CNc1nnc(C(=O)Nc2ccc(F)cc2F)s1. The van der Waals surface area contributed by atoms with Crippen LogP contribution in [0.4, 0.5) is 19.6 Å². The summed E-state index contributed by atoms with van der Waals surface area (Å²) in [5.74, 6) is -2.15. The Labute approximate surface area is 105 Å². The molecule has 1 aromatic carbocycles. The van der Waals surface area contributed by atoms with E-state index in [2.05, 4.69) is 20.8 Å². The summed E-state index contributed by atoms with van der Waals surface area (Å²) in [5.41, 5.74) is -0.109. The molecule has 0 bridgehead atoms. The van der Waals surface area contributed by atoms with E-state index in [0.29, 0.717) is 11.2 Å². The van der Waals surface area contributed by atoms with Gasteiger partial charge in [-0.25, -0.2) is 8.78 Å². The highest BCUT2D eigenvalue weighted by Gasteiger charge is 2.14. The molecule has 0 radical (unpaired) electrons. The lowest BCUT2D eigenvalue weighted by atomic mass is 10.3. The number of anilines is 2. The van der Waals surface area contributed by atoms with Gasteiger partial charge in [0.2, 0.25) is 10.1 Å². The first-order valence-electron chi connectivity index (χ1n) is 4.88. The molecule has 0 saturated carbocycles. The molecular weight excluding hydrogens is 262 g/mol. The van der Waals surface area contributed by atoms with Crippen molar-refractivity contribution in [3.05, 3.63) is 34.8 Å². The molecule has 1 amide bonds. The zero-order valence-electron chi connectivity index (χ0n) is 9.20. The fourth-order valence-corrected chi connectivity index (χ4v) is 1.77. The van der Waals surface area contributed by atoms with Crippen molar-refractivity contribution in [1.29, 1.82) is 0 Å². The summed E-state index contributed by atoms with van der Waals surface area (Å²) in [6, 6.07) is 2.88. The maximum Gasteiger partial charge on any atom is 0.286 e. The molecule has 5 nitrogen and oxygen atoms in total. The van der Waals surface area contributed by atoms with Crippen molar-refractivity contribution < 1.29 is 13.6 Å². The number of halogens is 2. The second kappa shape index (κ2) is 5.05. The number of nitrogens with zero attached hydrogens (tertiary/aromatic N) is 2. The summed E-state index contributed by atoms with van der Waals surface area (Å²) in [5, 5.41) is 12.9.